The van der Waals surface area contributed by atoms with Crippen LogP contribution in [0, 0.1) is 12.3 Å². The highest BCUT2D eigenvalue weighted by atomic mass is 15.0. The van der Waals surface area contributed by atoms with Crippen molar-refractivity contribution in [2.75, 3.05) is 6.54 Å². The first-order valence-electron chi connectivity index (χ1n) is 5.46. The summed E-state index contributed by atoms with van der Waals surface area (Å²) in [7, 11) is 0. The van der Waals surface area contributed by atoms with Gasteiger partial charge in [0, 0.05) is 12.6 Å². The van der Waals surface area contributed by atoms with Gasteiger partial charge in [0.2, 0.25) is 0 Å². The van der Waals surface area contributed by atoms with E-state index in [0.29, 0.717) is 11.5 Å². The van der Waals surface area contributed by atoms with Crippen molar-refractivity contribution in [3.8, 4) is 0 Å². The smallest absolute Gasteiger partial charge is 0.0386 e. The number of hydrogen-bond acceptors (Lipinski definition) is 1. The molecule has 14 heavy (non-hydrogen) atoms. The monoisotopic (exact) mass is 189 g/mol. The Labute approximate surface area is 86.5 Å². The lowest BCUT2D eigenvalue weighted by Crippen LogP contribution is -2.53. The molecule has 0 amide bonds. The van der Waals surface area contributed by atoms with Gasteiger partial charge >= 0.3 is 0 Å². The summed E-state index contributed by atoms with van der Waals surface area (Å²) in [6.07, 6.45) is 1.25. The molecule has 2 unspecified atom stereocenters. The lowest BCUT2D eigenvalue weighted by Gasteiger charge is -2.48. The molecule has 1 heterocycles. The topological polar surface area (TPSA) is 12.0 Å². The molecule has 1 aromatic carbocycles. The molecule has 0 spiro atoms. The molecule has 1 nitrogen and oxygen atoms in total. The normalized spacial score (nSPS) is 31.2. The van der Waals surface area contributed by atoms with E-state index in [0.717, 1.165) is 6.54 Å². The van der Waals surface area contributed by atoms with Gasteiger partial charge < -0.3 is 5.32 Å². The maximum atomic E-state index is 3.53. The van der Waals surface area contributed by atoms with Crippen molar-refractivity contribution in [2.45, 2.75) is 33.2 Å². The zero-order chi connectivity index (χ0) is 10.2. The molecule has 1 aliphatic heterocycles. The van der Waals surface area contributed by atoms with Crippen LogP contribution in [-0.4, -0.2) is 6.54 Å². The van der Waals surface area contributed by atoms with Crippen LogP contribution >= 0.6 is 0 Å². The fourth-order valence-electron chi connectivity index (χ4n) is 2.25. The maximum absolute atomic E-state index is 3.53. The van der Waals surface area contributed by atoms with E-state index in [1.165, 1.54) is 17.5 Å². The average molecular weight is 189 g/mol. The molecule has 2 atom stereocenters. The second kappa shape index (κ2) is 3.39. The largest absolute Gasteiger partial charge is 0.309 e. The number of benzene rings is 1. The summed E-state index contributed by atoms with van der Waals surface area (Å²) in [5.41, 5.74) is 3.27. The average Bonchev–Trinajstić information content (AvgIpc) is 2.15. The Kier molecular flexibility index (Phi) is 2.36. The SMILES string of the molecule is CCC1(C)CNC1c1cccc(C)c1. The predicted molar refractivity (Wildman–Crippen MR) is 60.3 cm³/mol. The quantitative estimate of drug-likeness (QED) is 0.754. The van der Waals surface area contributed by atoms with E-state index in [1.54, 1.807) is 0 Å². The molecule has 0 radical (unpaired) electrons. The van der Waals surface area contributed by atoms with E-state index in [-0.39, 0.29) is 0 Å². The number of aryl methyl sites for hydroxylation is 1. The Balaban J connectivity index is 2.24. The first kappa shape index (κ1) is 9.72. The Morgan fingerprint density at radius 2 is 2.29 bits per heavy atom. The molecular formula is C13H19N. The number of hydrogen-bond donors (Lipinski definition) is 1. The highest BCUT2D eigenvalue weighted by Crippen LogP contribution is 2.43. The molecular weight excluding hydrogens is 170 g/mol. The van der Waals surface area contributed by atoms with E-state index in [4.69, 9.17) is 0 Å². The summed E-state index contributed by atoms with van der Waals surface area (Å²) in [5.74, 6) is 0. The van der Waals surface area contributed by atoms with E-state index in [1.807, 2.05) is 0 Å². The van der Waals surface area contributed by atoms with E-state index in [2.05, 4.69) is 50.4 Å². The highest BCUT2D eigenvalue weighted by molar-refractivity contribution is 5.28. The van der Waals surface area contributed by atoms with Crippen LogP contribution in [0.3, 0.4) is 0 Å². The zero-order valence-electron chi connectivity index (χ0n) is 9.30. The van der Waals surface area contributed by atoms with Crippen LogP contribution in [0.5, 0.6) is 0 Å². The third-order valence-corrected chi connectivity index (χ3v) is 3.59. The van der Waals surface area contributed by atoms with Crippen molar-refractivity contribution in [3.63, 3.8) is 0 Å². The second-order valence-electron chi connectivity index (χ2n) is 4.74. The predicted octanol–water partition coefficient (Wildman–Crippen LogP) is 3.06. The van der Waals surface area contributed by atoms with Crippen LogP contribution in [0.2, 0.25) is 0 Å². The van der Waals surface area contributed by atoms with Gasteiger partial charge in [-0.15, -0.1) is 0 Å². The van der Waals surface area contributed by atoms with Gasteiger partial charge in [-0.2, -0.15) is 0 Å². The first-order chi connectivity index (χ1) is 6.65. The molecule has 76 valence electrons. The number of nitrogens with one attached hydrogen (secondary N) is 1. The number of rotatable bonds is 2. The lowest BCUT2D eigenvalue weighted by molar-refractivity contribution is 0.0989. The Morgan fingerprint density at radius 1 is 1.50 bits per heavy atom. The van der Waals surface area contributed by atoms with Crippen molar-refractivity contribution in [3.05, 3.63) is 35.4 Å². The molecule has 0 bridgehead atoms. The van der Waals surface area contributed by atoms with Gasteiger partial charge in [-0.3, -0.25) is 0 Å². The maximum Gasteiger partial charge on any atom is 0.0386 e. The Morgan fingerprint density at radius 3 is 2.79 bits per heavy atom. The molecule has 0 saturated carbocycles. The minimum atomic E-state index is 0.466. The van der Waals surface area contributed by atoms with Gasteiger partial charge in [0.15, 0.2) is 0 Å². The molecule has 0 aliphatic carbocycles. The fraction of sp³-hybridized carbons (Fsp3) is 0.538. The summed E-state index contributed by atoms with van der Waals surface area (Å²) in [6, 6.07) is 9.40. The summed E-state index contributed by atoms with van der Waals surface area (Å²) in [4.78, 5) is 0. The summed E-state index contributed by atoms with van der Waals surface area (Å²) >= 11 is 0. The first-order valence-corrected chi connectivity index (χ1v) is 5.46. The van der Waals surface area contributed by atoms with Crippen molar-refractivity contribution in [2.24, 2.45) is 5.41 Å². The third kappa shape index (κ3) is 1.46. The zero-order valence-corrected chi connectivity index (χ0v) is 9.30. The standard InChI is InChI=1S/C13H19N/c1-4-13(3)9-14-12(13)11-7-5-6-10(2)8-11/h5-8,12,14H,4,9H2,1-3H3. The van der Waals surface area contributed by atoms with Crippen molar-refractivity contribution < 1.29 is 0 Å². The summed E-state index contributed by atoms with van der Waals surface area (Å²) < 4.78 is 0. The molecule has 1 heteroatoms. The minimum Gasteiger partial charge on any atom is -0.309 e. The fourth-order valence-corrected chi connectivity index (χ4v) is 2.25. The molecule has 1 N–H and O–H groups in total. The van der Waals surface area contributed by atoms with Crippen LogP contribution < -0.4 is 5.32 Å². The summed E-state index contributed by atoms with van der Waals surface area (Å²) in [6.45, 7) is 7.97. The van der Waals surface area contributed by atoms with Gasteiger partial charge in [-0.1, -0.05) is 43.7 Å². The molecule has 0 aromatic heterocycles. The van der Waals surface area contributed by atoms with Crippen LogP contribution in [-0.2, 0) is 0 Å². The van der Waals surface area contributed by atoms with E-state index < -0.39 is 0 Å². The third-order valence-electron chi connectivity index (χ3n) is 3.59. The van der Waals surface area contributed by atoms with Crippen LogP contribution in [0.4, 0.5) is 0 Å². The van der Waals surface area contributed by atoms with Crippen LogP contribution in [0.1, 0.15) is 37.4 Å². The Bertz CT molecular complexity index is 328. The molecule has 1 fully saturated rings. The van der Waals surface area contributed by atoms with Crippen molar-refractivity contribution >= 4 is 0 Å². The van der Waals surface area contributed by atoms with Crippen molar-refractivity contribution in [1.82, 2.24) is 5.32 Å². The second-order valence-corrected chi connectivity index (χ2v) is 4.74. The highest BCUT2D eigenvalue weighted by Gasteiger charge is 2.41. The van der Waals surface area contributed by atoms with Gasteiger partial charge in [-0.05, 0) is 24.3 Å². The minimum absolute atomic E-state index is 0.466. The van der Waals surface area contributed by atoms with Gasteiger partial charge in [0.25, 0.3) is 0 Å². The van der Waals surface area contributed by atoms with Crippen LogP contribution in [0.25, 0.3) is 0 Å². The lowest BCUT2D eigenvalue weighted by atomic mass is 9.70. The molecule has 1 aromatic rings. The van der Waals surface area contributed by atoms with E-state index in [9.17, 15) is 0 Å². The van der Waals surface area contributed by atoms with Gasteiger partial charge in [0.05, 0.1) is 0 Å². The van der Waals surface area contributed by atoms with E-state index >= 15 is 0 Å². The Hall–Kier alpha value is -0.820. The van der Waals surface area contributed by atoms with Crippen LogP contribution in [0.15, 0.2) is 24.3 Å². The summed E-state index contributed by atoms with van der Waals surface area (Å²) in [5, 5.41) is 3.53. The van der Waals surface area contributed by atoms with Gasteiger partial charge in [-0.25, -0.2) is 0 Å². The van der Waals surface area contributed by atoms with Gasteiger partial charge in [0.1, 0.15) is 0 Å². The van der Waals surface area contributed by atoms with Crippen molar-refractivity contribution in [1.29, 1.82) is 0 Å². The molecule has 1 saturated heterocycles. The molecule has 1 aliphatic rings. The molecule has 2 rings (SSSR count).